The number of ether oxygens (including phenoxy) is 1. The Bertz CT molecular complexity index is 1210. The van der Waals surface area contributed by atoms with Crippen LogP contribution in [0.5, 0.6) is 0 Å². The Morgan fingerprint density at radius 3 is 2.00 bits per heavy atom. The van der Waals surface area contributed by atoms with Crippen LogP contribution in [0.1, 0.15) is 127 Å². The number of aliphatic carboxylic acids is 1. The molecule has 0 amide bonds. The fourth-order valence-corrected chi connectivity index (χ4v) is 11.0. The molecule has 4 saturated carbocycles. The zero-order valence-corrected chi connectivity index (χ0v) is 33.1. The van der Waals surface area contributed by atoms with E-state index >= 15 is 0 Å². The molecule has 0 saturated heterocycles. The molecular formula is C41H72N2O8. The van der Waals surface area contributed by atoms with E-state index in [0.29, 0.717) is 37.2 Å². The number of aliphatic hydroxyl groups is 4. The molecule has 4 fully saturated rings. The van der Waals surface area contributed by atoms with Crippen molar-refractivity contribution in [2.75, 3.05) is 26.3 Å². The second-order valence-corrected chi connectivity index (χ2v) is 17.1. The van der Waals surface area contributed by atoms with Crippen LogP contribution in [-0.2, 0) is 14.3 Å². The first-order valence-corrected chi connectivity index (χ1v) is 19.8. The third kappa shape index (κ3) is 9.29. The minimum absolute atomic E-state index is 0.0474. The highest BCUT2D eigenvalue weighted by molar-refractivity contribution is 5.88. The Balaban J connectivity index is 0.000000425. The summed E-state index contributed by atoms with van der Waals surface area (Å²) in [4.78, 5) is 24.8. The lowest BCUT2D eigenvalue weighted by Gasteiger charge is -2.69. The van der Waals surface area contributed by atoms with Crippen LogP contribution in [-0.4, -0.2) is 94.2 Å². The van der Waals surface area contributed by atoms with Crippen LogP contribution in [0.2, 0.25) is 0 Å². The van der Waals surface area contributed by atoms with E-state index < -0.39 is 24.1 Å². The smallest absolute Gasteiger partial charge is 0.331 e. The molecule has 0 radical (unpaired) electrons. The van der Waals surface area contributed by atoms with E-state index in [2.05, 4.69) is 38.3 Å². The maximum atomic E-state index is 12.6. The van der Waals surface area contributed by atoms with Crippen molar-refractivity contribution in [1.82, 2.24) is 10.6 Å². The first kappa shape index (κ1) is 43.6. The molecule has 4 aliphatic rings. The van der Waals surface area contributed by atoms with E-state index in [9.17, 15) is 24.9 Å². The van der Waals surface area contributed by atoms with Gasteiger partial charge in [-0.15, -0.1) is 0 Å². The average Bonchev–Trinajstić information content (AvgIpc) is 3.34. The predicted molar refractivity (Wildman–Crippen MR) is 201 cm³/mol. The Kier molecular flexibility index (Phi) is 15.8. The third-order valence-electron chi connectivity index (χ3n) is 14.0. The first-order chi connectivity index (χ1) is 23.9. The van der Waals surface area contributed by atoms with Gasteiger partial charge >= 0.3 is 11.9 Å². The Hall–Kier alpha value is -1.82. The highest BCUT2D eigenvalue weighted by atomic mass is 16.5. The number of hydrogen-bond acceptors (Lipinski definition) is 9. The SMILES string of the molecule is CC(=O)O[C@H]1C[C@@]2(C)[C@@H](CC(O)C3[C@]2(C)CC[C@H]2[C@H](C)[C@H](O)CC[C@]32C)/C1=C(/CCC=C(C)C)C(=O)O.CC[C@@H](CO)NCCN[C@@H](CC)CO. The number of carboxylic acid groups (broad SMARTS) is 1. The predicted octanol–water partition coefficient (Wildman–Crippen LogP) is 5.37. The van der Waals surface area contributed by atoms with Gasteiger partial charge < -0.3 is 40.9 Å². The highest BCUT2D eigenvalue weighted by Crippen LogP contribution is 2.74. The number of aliphatic hydroxyl groups excluding tert-OH is 4. The molecule has 0 aromatic carbocycles. The van der Waals surface area contributed by atoms with Gasteiger partial charge in [0, 0.05) is 37.7 Å². The molecule has 2 unspecified atom stereocenters. The second kappa shape index (κ2) is 18.5. The third-order valence-corrected chi connectivity index (χ3v) is 14.0. The van der Waals surface area contributed by atoms with Gasteiger partial charge in [0.25, 0.3) is 0 Å². The van der Waals surface area contributed by atoms with E-state index in [4.69, 9.17) is 14.9 Å². The van der Waals surface area contributed by atoms with Gasteiger partial charge in [0.1, 0.15) is 6.10 Å². The van der Waals surface area contributed by atoms with Gasteiger partial charge in [-0.3, -0.25) is 4.79 Å². The van der Waals surface area contributed by atoms with Gasteiger partial charge in [0.2, 0.25) is 0 Å². The lowest BCUT2D eigenvalue weighted by Crippen LogP contribution is -2.65. The van der Waals surface area contributed by atoms with Crippen molar-refractivity contribution >= 4 is 11.9 Å². The summed E-state index contributed by atoms with van der Waals surface area (Å²) in [6, 6.07) is 0.400. The van der Waals surface area contributed by atoms with E-state index in [1.807, 2.05) is 33.8 Å². The molecule has 0 bridgehead atoms. The van der Waals surface area contributed by atoms with Crippen LogP contribution in [0.25, 0.3) is 0 Å². The molecule has 10 nitrogen and oxygen atoms in total. The monoisotopic (exact) mass is 721 g/mol. The van der Waals surface area contributed by atoms with E-state index in [1.165, 1.54) is 6.92 Å². The van der Waals surface area contributed by atoms with Crippen LogP contribution in [0.15, 0.2) is 22.8 Å². The molecule has 10 heteroatoms. The van der Waals surface area contributed by atoms with Crippen molar-refractivity contribution in [1.29, 1.82) is 0 Å². The number of allylic oxidation sites excluding steroid dienone is 2. The van der Waals surface area contributed by atoms with Gasteiger partial charge in [-0.25, -0.2) is 4.79 Å². The quantitative estimate of drug-likeness (QED) is 0.0536. The van der Waals surface area contributed by atoms with Crippen LogP contribution < -0.4 is 10.6 Å². The maximum Gasteiger partial charge on any atom is 0.331 e. The number of carboxylic acids is 1. The minimum atomic E-state index is -0.953. The first-order valence-electron chi connectivity index (χ1n) is 19.8. The van der Waals surface area contributed by atoms with E-state index in [0.717, 1.165) is 62.8 Å². The Morgan fingerprint density at radius 1 is 0.922 bits per heavy atom. The highest BCUT2D eigenvalue weighted by Gasteiger charge is 2.70. The van der Waals surface area contributed by atoms with Crippen LogP contribution >= 0.6 is 0 Å². The van der Waals surface area contributed by atoms with Crippen molar-refractivity contribution < 1.29 is 39.9 Å². The Labute approximate surface area is 307 Å². The molecule has 4 rings (SSSR count). The topological polar surface area (TPSA) is 169 Å². The van der Waals surface area contributed by atoms with Crippen LogP contribution in [0.3, 0.4) is 0 Å². The minimum Gasteiger partial charge on any atom is -0.478 e. The van der Waals surface area contributed by atoms with Crippen molar-refractivity contribution in [2.45, 2.75) is 157 Å². The molecule has 294 valence electrons. The van der Waals surface area contributed by atoms with E-state index in [-0.39, 0.29) is 65.4 Å². The van der Waals surface area contributed by atoms with Crippen LogP contribution in [0.4, 0.5) is 0 Å². The van der Waals surface area contributed by atoms with Crippen molar-refractivity contribution in [3.63, 3.8) is 0 Å². The second-order valence-electron chi connectivity index (χ2n) is 17.1. The number of esters is 1. The normalized spacial score (nSPS) is 37.8. The fourth-order valence-electron chi connectivity index (χ4n) is 11.0. The number of nitrogens with one attached hydrogen (secondary N) is 2. The van der Waals surface area contributed by atoms with Crippen LogP contribution in [0, 0.1) is 39.9 Å². The van der Waals surface area contributed by atoms with Crippen molar-refractivity contribution in [2.24, 2.45) is 39.9 Å². The van der Waals surface area contributed by atoms with Gasteiger partial charge in [-0.05, 0) is 124 Å². The summed E-state index contributed by atoms with van der Waals surface area (Å²) in [7, 11) is 0. The summed E-state index contributed by atoms with van der Waals surface area (Å²) in [5, 5.41) is 57.1. The Morgan fingerprint density at radius 2 is 1.51 bits per heavy atom. The summed E-state index contributed by atoms with van der Waals surface area (Å²) in [6.07, 6.45) is 8.10. The maximum absolute atomic E-state index is 12.6. The zero-order valence-electron chi connectivity index (χ0n) is 33.1. The molecular weight excluding hydrogens is 648 g/mol. The number of fused-ring (bicyclic) bond motifs is 5. The van der Waals surface area contributed by atoms with E-state index in [1.54, 1.807) is 0 Å². The number of carbonyl (C=O) groups is 2. The lowest BCUT2D eigenvalue weighted by molar-refractivity contribution is -0.234. The molecule has 4 aliphatic carbocycles. The molecule has 7 N–H and O–H groups in total. The summed E-state index contributed by atoms with van der Waals surface area (Å²) in [5.41, 5.74) is 1.57. The summed E-state index contributed by atoms with van der Waals surface area (Å²) < 4.78 is 5.87. The molecule has 0 aromatic heterocycles. The lowest BCUT2D eigenvalue weighted by atomic mass is 9.36. The van der Waals surface area contributed by atoms with Gasteiger partial charge in [0.15, 0.2) is 0 Å². The van der Waals surface area contributed by atoms with Gasteiger partial charge in [-0.2, -0.15) is 0 Å². The fraction of sp³-hybridized carbons (Fsp3) is 0.854. The zero-order chi connectivity index (χ0) is 38.3. The molecule has 0 aliphatic heterocycles. The van der Waals surface area contributed by atoms with Crippen molar-refractivity contribution in [3.8, 4) is 0 Å². The number of carbonyl (C=O) groups excluding carboxylic acids is 1. The van der Waals surface area contributed by atoms with Gasteiger partial charge in [0.05, 0.1) is 25.4 Å². The molecule has 0 aromatic rings. The standard InChI is InChI=1S/C31H48O6.C10H24N2O2/c1-17(2)9-8-10-20(28(35)36)26-22-15-24(34)27-29(5)13-12-23(33)18(3)21(29)11-14-30(27,6)31(22,7)16-25(26)37-19(4)32;1-3-9(7-13)11-5-6-12-10(4-2)8-14/h9,18,21-25,27,33-34H,8,10-16H2,1-7H3,(H,35,36);9-14H,3-8H2,1-2H3/b26-20+;/t18-,21-,22-,23+,24?,25-,27?,29-,30-,31-;9-,10-/m00/s1. The molecule has 0 spiro atoms. The summed E-state index contributed by atoms with van der Waals surface area (Å²) in [6.45, 7) is 20.6. The molecule has 0 heterocycles. The molecule has 12 atom stereocenters. The van der Waals surface area contributed by atoms with Crippen molar-refractivity contribution in [3.05, 3.63) is 22.8 Å². The molecule has 51 heavy (non-hydrogen) atoms. The largest absolute Gasteiger partial charge is 0.478 e. The number of hydrogen-bond donors (Lipinski definition) is 7. The summed E-state index contributed by atoms with van der Waals surface area (Å²) in [5.74, 6) is -0.909. The number of rotatable bonds is 14. The van der Waals surface area contributed by atoms with Gasteiger partial charge in [-0.1, -0.05) is 53.2 Å². The summed E-state index contributed by atoms with van der Waals surface area (Å²) >= 11 is 0. The average molecular weight is 721 g/mol.